The van der Waals surface area contributed by atoms with E-state index in [1.807, 2.05) is 36.4 Å². The van der Waals surface area contributed by atoms with Crippen LogP contribution in [0.25, 0.3) is 5.57 Å². The number of ether oxygens (including phenoxy) is 2. The molecule has 154 valence electrons. The van der Waals surface area contributed by atoms with Gasteiger partial charge >= 0.3 is 11.9 Å². The first kappa shape index (κ1) is 21.2. The largest absolute Gasteiger partial charge is 0.465 e. The fourth-order valence-corrected chi connectivity index (χ4v) is 6.46. The van der Waals surface area contributed by atoms with Crippen LogP contribution in [0.3, 0.4) is 0 Å². The first-order valence-corrected chi connectivity index (χ1v) is 11.1. The van der Waals surface area contributed by atoms with Crippen molar-refractivity contribution in [2.75, 3.05) is 27.3 Å². The third kappa shape index (κ3) is 3.98. The Morgan fingerprint density at radius 2 is 1.72 bits per heavy atom. The number of carbonyl (C=O) groups excluding carboxylic acids is 2. The van der Waals surface area contributed by atoms with Crippen LogP contribution < -0.4 is 0 Å². The second-order valence-electron chi connectivity index (χ2n) is 6.41. The van der Waals surface area contributed by atoms with Crippen molar-refractivity contribution >= 4 is 38.9 Å². The van der Waals surface area contributed by atoms with Gasteiger partial charge in [0.15, 0.2) is 4.21 Å². The van der Waals surface area contributed by atoms with E-state index in [0.29, 0.717) is 6.42 Å². The monoisotopic (exact) mass is 435 g/mol. The number of methoxy groups -OCH3 is 2. The minimum atomic E-state index is -4.00. The minimum absolute atomic E-state index is 0.0731. The van der Waals surface area contributed by atoms with Crippen molar-refractivity contribution in [3.63, 3.8) is 0 Å². The van der Waals surface area contributed by atoms with Gasteiger partial charge in [0.2, 0.25) is 0 Å². The molecule has 1 aliphatic rings. The third-order valence-corrected chi connectivity index (χ3v) is 8.40. The molecule has 0 bridgehead atoms. The summed E-state index contributed by atoms with van der Waals surface area (Å²) in [5.41, 5.74) is 2.25. The maximum Gasteiger partial charge on any atom is 0.348 e. The Morgan fingerprint density at radius 1 is 1.07 bits per heavy atom. The number of sulfonamides is 1. The molecule has 2 heterocycles. The first-order valence-electron chi connectivity index (χ1n) is 8.85. The van der Waals surface area contributed by atoms with Gasteiger partial charge < -0.3 is 9.47 Å². The molecule has 0 unspecified atom stereocenters. The molecule has 29 heavy (non-hydrogen) atoms. The highest BCUT2D eigenvalue weighted by Gasteiger charge is 2.36. The lowest BCUT2D eigenvalue weighted by Crippen LogP contribution is -2.35. The van der Waals surface area contributed by atoms with Gasteiger partial charge in [-0.3, -0.25) is 0 Å². The van der Waals surface area contributed by atoms with Gasteiger partial charge in [-0.1, -0.05) is 36.4 Å². The van der Waals surface area contributed by atoms with Crippen LogP contribution >= 0.6 is 11.3 Å². The van der Waals surface area contributed by atoms with Crippen LogP contribution in [-0.4, -0.2) is 52.0 Å². The van der Waals surface area contributed by atoms with Gasteiger partial charge in [0.05, 0.1) is 19.8 Å². The average molecular weight is 436 g/mol. The van der Waals surface area contributed by atoms with Crippen LogP contribution in [0.4, 0.5) is 0 Å². The second-order valence-corrected chi connectivity index (χ2v) is 9.56. The van der Waals surface area contributed by atoms with Crippen LogP contribution in [0.15, 0.2) is 40.6 Å². The van der Waals surface area contributed by atoms with Crippen molar-refractivity contribution in [3.05, 3.63) is 58.0 Å². The molecule has 0 radical (unpaired) electrons. The van der Waals surface area contributed by atoms with Crippen molar-refractivity contribution in [2.45, 2.75) is 17.6 Å². The van der Waals surface area contributed by atoms with Crippen LogP contribution in [-0.2, 0) is 19.5 Å². The van der Waals surface area contributed by atoms with Gasteiger partial charge in [-0.05, 0) is 30.0 Å². The Morgan fingerprint density at radius 3 is 2.28 bits per heavy atom. The molecule has 0 spiro atoms. The van der Waals surface area contributed by atoms with Crippen LogP contribution in [0.1, 0.15) is 37.6 Å². The molecule has 2 aromatic rings. The van der Waals surface area contributed by atoms with E-state index in [0.717, 1.165) is 22.5 Å². The smallest absolute Gasteiger partial charge is 0.348 e. The van der Waals surface area contributed by atoms with E-state index in [-0.39, 0.29) is 33.3 Å². The number of nitrogens with zero attached hydrogens (tertiary/aromatic N) is 1. The van der Waals surface area contributed by atoms with E-state index in [1.165, 1.54) is 25.4 Å². The summed E-state index contributed by atoms with van der Waals surface area (Å²) in [6, 6.07) is 9.76. The SMILES string of the molecule is COC(=O)c1sc(S(=O)(=O)N2CC=C(c3ccccc3)CC2)c(C(=O)OC)c1C. The molecule has 0 saturated heterocycles. The van der Waals surface area contributed by atoms with Gasteiger partial charge in [-0.25, -0.2) is 18.0 Å². The second kappa shape index (κ2) is 8.48. The summed E-state index contributed by atoms with van der Waals surface area (Å²) in [7, 11) is -1.63. The molecule has 7 nitrogen and oxygen atoms in total. The summed E-state index contributed by atoms with van der Waals surface area (Å²) in [6.07, 6.45) is 2.42. The Bertz CT molecular complexity index is 1070. The highest BCUT2D eigenvalue weighted by molar-refractivity contribution is 7.91. The predicted molar refractivity (Wildman–Crippen MR) is 110 cm³/mol. The van der Waals surface area contributed by atoms with Crippen molar-refractivity contribution < 1.29 is 27.5 Å². The first-order chi connectivity index (χ1) is 13.8. The molecule has 1 aromatic carbocycles. The molecule has 0 atom stereocenters. The van der Waals surface area contributed by atoms with Crippen LogP contribution in [0.5, 0.6) is 0 Å². The van der Waals surface area contributed by atoms with Crippen LogP contribution in [0, 0.1) is 6.92 Å². The molecule has 0 amide bonds. The number of thiophene rings is 1. The van der Waals surface area contributed by atoms with Crippen molar-refractivity contribution in [1.82, 2.24) is 4.31 Å². The number of hydrogen-bond donors (Lipinski definition) is 0. The Hall–Kier alpha value is -2.49. The van der Waals surface area contributed by atoms with Gasteiger partial charge in [-0.15, -0.1) is 11.3 Å². The number of benzene rings is 1. The maximum atomic E-state index is 13.3. The molecule has 3 rings (SSSR count). The highest BCUT2D eigenvalue weighted by Crippen LogP contribution is 2.36. The van der Waals surface area contributed by atoms with Gasteiger partial charge in [0.25, 0.3) is 10.0 Å². The summed E-state index contributed by atoms with van der Waals surface area (Å²) in [5.74, 6) is -1.49. The maximum absolute atomic E-state index is 13.3. The molecule has 1 aliphatic heterocycles. The summed E-state index contributed by atoms with van der Waals surface area (Å²) < 4.78 is 37.2. The molecule has 1 aromatic heterocycles. The summed E-state index contributed by atoms with van der Waals surface area (Å²) in [6.45, 7) is 1.96. The van der Waals surface area contributed by atoms with E-state index in [9.17, 15) is 18.0 Å². The van der Waals surface area contributed by atoms with E-state index in [4.69, 9.17) is 9.47 Å². The van der Waals surface area contributed by atoms with E-state index in [2.05, 4.69) is 0 Å². The standard InChI is InChI=1S/C20H21NO6S2/c1-13-16(18(22)26-2)20(28-17(13)19(23)27-3)29(24,25)21-11-9-15(10-12-21)14-7-5-4-6-8-14/h4-9H,10-12H2,1-3H3. The highest BCUT2D eigenvalue weighted by atomic mass is 32.2. The lowest BCUT2D eigenvalue weighted by atomic mass is 10.0. The normalized spacial score (nSPS) is 14.9. The number of esters is 2. The Labute approximate surface area is 173 Å². The van der Waals surface area contributed by atoms with Crippen LogP contribution in [0.2, 0.25) is 0 Å². The third-order valence-electron chi connectivity index (χ3n) is 4.77. The zero-order valence-electron chi connectivity index (χ0n) is 16.3. The Kier molecular flexibility index (Phi) is 6.21. The number of rotatable bonds is 5. The molecule has 0 N–H and O–H groups in total. The van der Waals surface area contributed by atoms with E-state index in [1.54, 1.807) is 0 Å². The molecule has 9 heteroatoms. The molecular weight excluding hydrogens is 414 g/mol. The summed E-state index contributed by atoms with van der Waals surface area (Å²) in [5, 5.41) is 0. The summed E-state index contributed by atoms with van der Waals surface area (Å²) >= 11 is 0.735. The quantitative estimate of drug-likeness (QED) is 0.671. The molecule has 0 saturated carbocycles. The van der Waals surface area contributed by atoms with Gasteiger partial charge in [0.1, 0.15) is 4.88 Å². The van der Waals surface area contributed by atoms with Gasteiger partial charge in [0, 0.05) is 13.1 Å². The number of carbonyl (C=O) groups is 2. The summed E-state index contributed by atoms with van der Waals surface area (Å²) in [4.78, 5) is 24.4. The van der Waals surface area contributed by atoms with Crippen molar-refractivity contribution in [3.8, 4) is 0 Å². The minimum Gasteiger partial charge on any atom is -0.465 e. The number of hydrogen-bond acceptors (Lipinski definition) is 7. The van der Waals surface area contributed by atoms with E-state index >= 15 is 0 Å². The fraction of sp³-hybridized carbons (Fsp3) is 0.300. The lowest BCUT2D eigenvalue weighted by Gasteiger charge is -2.25. The molecule has 0 aliphatic carbocycles. The van der Waals surface area contributed by atoms with E-state index < -0.39 is 22.0 Å². The van der Waals surface area contributed by atoms with Gasteiger partial charge in [-0.2, -0.15) is 4.31 Å². The van der Waals surface area contributed by atoms with Crippen molar-refractivity contribution in [2.24, 2.45) is 0 Å². The lowest BCUT2D eigenvalue weighted by molar-refractivity contribution is 0.0596. The average Bonchev–Trinajstić information content (AvgIpc) is 3.11. The molecular formula is C20H21NO6S2. The zero-order valence-corrected chi connectivity index (χ0v) is 17.9. The predicted octanol–water partition coefficient (Wildman–Crippen LogP) is 3.11. The van der Waals surface area contributed by atoms with Crippen molar-refractivity contribution in [1.29, 1.82) is 0 Å². The fourth-order valence-electron chi connectivity index (χ4n) is 3.19. The molecule has 0 fully saturated rings. The Balaban J connectivity index is 1.99. The topological polar surface area (TPSA) is 90.0 Å². The zero-order chi connectivity index (χ0) is 21.2.